The van der Waals surface area contributed by atoms with E-state index in [-0.39, 0.29) is 15.7 Å². The van der Waals surface area contributed by atoms with Crippen molar-refractivity contribution in [1.82, 2.24) is 0 Å². The zero-order chi connectivity index (χ0) is 30.5. The summed E-state index contributed by atoms with van der Waals surface area (Å²) in [4.78, 5) is 1.84. The van der Waals surface area contributed by atoms with Crippen molar-refractivity contribution in [3.05, 3.63) is 83.6 Å². The summed E-state index contributed by atoms with van der Waals surface area (Å²) in [6.07, 6.45) is 11.5. The molecule has 3 unspecified atom stereocenters. The summed E-state index contributed by atoms with van der Waals surface area (Å²) in [6, 6.07) is 9.46. The van der Waals surface area contributed by atoms with E-state index >= 15 is 0 Å². The third-order valence-corrected chi connectivity index (χ3v) is 11.0. The highest BCUT2D eigenvalue weighted by Gasteiger charge is 2.47. The summed E-state index contributed by atoms with van der Waals surface area (Å²) in [5.41, 5.74) is 4.62. The number of nitrogens with zero attached hydrogens (tertiary/aromatic N) is 2. The minimum Gasteiger partial charge on any atom is -0.347 e. The molecule has 0 bridgehead atoms. The first kappa shape index (κ1) is 30.9. The van der Waals surface area contributed by atoms with E-state index in [2.05, 4.69) is 32.6 Å². The monoisotopic (exact) mass is 599 g/mol. The number of anilines is 1. The van der Waals surface area contributed by atoms with Crippen molar-refractivity contribution in [1.29, 1.82) is 0 Å². The molecule has 4 rings (SSSR count). The van der Waals surface area contributed by atoms with Crippen molar-refractivity contribution in [2.24, 2.45) is 5.92 Å². The van der Waals surface area contributed by atoms with Crippen LogP contribution in [-0.2, 0) is 31.1 Å². The minimum absolute atomic E-state index is 0.111. The summed E-state index contributed by atoms with van der Waals surface area (Å²) in [6.45, 7) is 10.5. The molecule has 0 fully saturated rings. The summed E-state index contributed by atoms with van der Waals surface area (Å²) in [5.74, 6) is 0.192. The maximum atomic E-state index is 11.9. The van der Waals surface area contributed by atoms with Gasteiger partial charge in [-0.25, -0.2) is 0 Å². The van der Waals surface area contributed by atoms with Crippen LogP contribution in [0, 0.1) is 5.92 Å². The highest BCUT2D eigenvalue weighted by Crippen LogP contribution is 2.52. The molecule has 0 aromatic heterocycles. The van der Waals surface area contributed by atoms with Gasteiger partial charge in [0, 0.05) is 41.6 Å². The van der Waals surface area contributed by atoms with Crippen LogP contribution in [0.2, 0.25) is 0 Å². The third-order valence-electron chi connectivity index (χ3n) is 9.26. The number of hydrogen-bond acceptors (Lipinski definition) is 5. The van der Waals surface area contributed by atoms with E-state index in [1.165, 1.54) is 12.1 Å². The van der Waals surface area contributed by atoms with E-state index in [0.29, 0.717) is 0 Å². The Balaban J connectivity index is 1.69. The lowest BCUT2D eigenvalue weighted by Gasteiger charge is -2.34. The van der Waals surface area contributed by atoms with Crippen LogP contribution in [0.25, 0.3) is 0 Å². The molecular weight excluding hydrogens is 560 g/mol. The van der Waals surface area contributed by atoms with Gasteiger partial charge in [-0.3, -0.25) is 9.11 Å². The van der Waals surface area contributed by atoms with Crippen LogP contribution in [-0.4, -0.2) is 50.3 Å². The molecule has 2 N–H and O–H groups in total. The Morgan fingerprint density at radius 2 is 1.51 bits per heavy atom. The van der Waals surface area contributed by atoms with Crippen LogP contribution in [0.15, 0.2) is 82.3 Å². The van der Waals surface area contributed by atoms with Crippen molar-refractivity contribution in [3.8, 4) is 0 Å². The maximum Gasteiger partial charge on any atom is 0.294 e. The van der Waals surface area contributed by atoms with Crippen molar-refractivity contribution in [2.75, 3.05) is 19.0 Å². The Kier molecular flexibility index (Phi) is 8.03. The fraction of sp³-hybridized carbons (Fsp3) is 0.387. The molecule has 0 saturated carbocycles. The van der Waals surface area contributed by atoms with Gasteiger partial charge in [0.15, 0.2) is 5.71 Å². The van der Waals surface area contributed by atoms with E-state index in [9.17, 15) is 25.9 Å². The first-order chi connectivity index (χ1) is 19.0. The second-order valence-electron chi connectivity index (χ2n) is 11.3. The molecule has 2 aliphatic rings. The normalized spacial score (nSPS) is 24.6. The highest BCUT2D eigenvalue weighted by molar-refractivity contribution is 7.86. The zero-order valence-electron chi connectivity index (χ0n) is 24.6. The SMILES string of the molecule is CCC(C)C1(C)C(=CC=CC=CC2=[N+](C)c3ccc(S(=O)(=O)O)cc3C2(C)CC)N(C)c2ccc(S(=O)(=O)O)cc21. The van der Waals surface area contributed by atoms with Crippen LogP contribution in [0.4, 0.5) is 11.4 Å². The molecule has 2 aliphatic heterocycles. The first-order valence-corrected chi connectivity index (χ1v) is 16.5. The van der Waals surface area contributed by atoms with Gasteiger partial charge < -0.3 is 4.90 Å². The second-order valence-corrected chi connectivity index (χ2v) is 14.1. The van der Waals surface area contributed by atoms with Crippen molar-refractivity contribution in [3.63, 3.8) is 0 Å². The topological polar surface area (TPSA) is 115 Å². The summed E-state index contributed by atoms with van der Waals surface area (Å²) in [5, 5.41) is 0. The van der Waals surface area contributed by atoms with Gasteiger partial charge in [-0.2, -0.15) is 21.4 Å². The van der Waals surface area contributed by atoms with Crippen molar-refractivity contribution >= 4 is 37.3 Å². The summed E-state index contributed by atoms with van der Waals surface area (Å²) < 4.78 is 68.6. The van der Waals surface area contributed by atoms with E-state index in [4.69, 9.17) is 0 Å². The molecular formula is C31H39N2O6S2+. The smallest absolute Gasteiger partial charge is 0.294 e. The lowest BCUT2D eigenvalue weighted by Crippen LogP contribution is -2.32. The first-order valence-electron chi connectivity index (χ1n) is 13.7. The minimum atomic E-state index is -4.33. The van der Waals surface area contributed by atoms with Crippen LogP contribution in [0.5, 0.6) is 0 Å². The number of fused-ring (bicyclic) bond motifs is 2. The number of likely N-dealkylation sites (N-methyl/N-ethyl adjacent to an activating group) is 1. The largest absolute Gasteiger partial charge is 0.347 e. The molecule has 3 atom stereocenters. The Labute approximate surface area is 243 Å². The van der Waals surface area contributed by atoms with Crippen LogP contribution >= 0.6 is 0 Å². The Morgan fingerprint density at radius 3 is 2.07 bits per heavy atom. The Hall–Kier alpha value is -3.05. The highest BCUT2D eigenvalue weighted by atomic mass is 32.2. The van der Waals surface area contributed by atoms with Gasteiger partial charge in [0.1, 0.15) is 7.05 Å². The van der Waals surface area contributed by atoms with Crippen molar-refractivity contribution in [2.45, 2.75) is 68.1 Å². The van der Waals surface area contributed by atoms with E-state index in [0.717, 1.165) is 46.8 Å². The maximum absolute atomic E-state index is 11.9. The molecule has 2 heterocycles. The van der Waals surface area contributed by atoms with E-state index in [1.807, 2.05) is 56.0 Å². The van der Waals surface area contributed by atoms with Crippen molar-refractivity contribution < 1.29 is 30.5 Å². The lowest BCUT2D eigenvalue weighted by molar-refractivity contribution is -0.401. The molecule has 220 valence electrons. The van der Waals surface area contributed by atoms with Gasteiger partial charge in [-0.15, -0.1) is 0 Å². The number of benzene rings is 2. The quantitative estimate of drug-likeness (QED) is 0.216. The van der Waals surface area contributed by atoms with Gasteiger partial charge in [0.2, 0.25) is 5.69 Å². The summed E-state index contributed by atoms with van der Waals surface area (Å²) in [7, 11) is -4.73. The van der Waals surface area contributed by atoms with Gasteiger partial charge in [-0.05, 0) is 68.2 Å². The number of allylic oxidation sites excluding steroid dienone is 6. The van der Waals surface area contributed by atoms with Crippen LogP contribution < -0.4 is 4.90 Å². The molecule has 41 heavy (non-hydrogen) atoms. The van der Waals surface area contributed by atoms with Crippen LogP contribution in [0.3, 0.4) is 0 Å². The zero-order valence-corrected chi connectivity index (χ0v) is 26.2. The third kappa shape index (κ3) is 5.11. The molecule has 0 amide bonds. The van der Waals surface area contributed by atoms with E-state index in [1.54, 1.807) is 24.3 Å². The molecule has 0 radical (unpaired) electrons. The molecule has 2 aromatic rings. The predicted molar refractivity (Wildman–Crippen MR) is 163 cm³/mol. The van der Waals surface area contributed by atoms with Gasteiger partial charge in [0.25, 0.3) is 20.2 Å². The number of hydrogen-bond donors (Lipinski definition) is 2. The molecule has 0 aliphatic carbocycles. The van der Waals surface area contributed by atoms with Crippen LogP contribution in [0.1, 0.15) is 58.6 Å². The van der Waals surface area contributed by atoms with E-state index < -0.39 is 31.1 Å². The lowest BCUT2D eigenvalue weighted by atomic mass is 9.70. The standard InChI is InChI=1S/C31H38N2O6S2/c1-8-21(3)31(5)25-20-23(41(37,38)39)16-18-27(25)33(7)29(31)14-12-10-11-13-28-30(4,9-2)24-19-22(40(34,35)36)15-17-26(24)32(28)6/h10-21H,8-9H2,1-7H3,(H-,34,35,36,37,38,39)/p+1. The number of rotatable bonds is 8. The average Bonchev–Trinajstić information content (AvgIpc) is 3.27. The predicted octanol–water partition coefficient (Wildman–Crippen LogP) is 6.03. The molecule has 8 nitrogen and oxygen atoms in total. The molecule has 2 aromatic carbocycles. The molecule has 0 saturated heterocycles. The Morgan fingerprint density at radius 1 is 0.927 bits per heavy atom. The molecule has 10 heteroatoms. The average molecular weight is 600 g/mol. The molecule has 0 spiro atoms. The van der Waals surface area contributed by atoms with Gasteiger partial charge in [-0.1, -0.05) is 45.4 Å². The fourth-order valence-electron chi connectivity index (χ4n) is 6.28. The van der Waals surface area contributed by atoms with Gasteiger partial charge >= 0.3 is 0 Å². The second kappa shape index (κ2) is 10.7. The van der Waals surface area contributed by atoms with Gasteiger partial charge in [0.05, 0.1) is 15.2 Å². The summed E-state index contributed by atoms with van der Waals surface area (Å²) >= 11 is 0. The Bertz CT molecular complexity index is 1740. The fourth-order valence-corrected chi connectivity index (χ4v) is 7.30.